The molecule has 9 nitrogen and oxygen atoms in total. The molecule has 0 aliphatic carbocycles. The van der Waals surface area contributed by atoms with E-state index in [9.17, 15) is 9.59 Å². The fraction of sp³-hybridized carbons (Fsp3) is 0.333. The number of methoxy groups -OCH3 is 3. The number of hydrogen-bond acceptors (Lipinski definition) is 9. The normalized spacial score (nSPS) is 16.1. The summed E-state index contributed by atoms with van der Waals surface area (Å²) in [4.78, 5) is 24.9. The molecule has 0 fully saturated rings. The van der Waals surface area contributed by atoms with E-state index in [-0.39, 0.29) is 0 Å². The van der Waals surface area contributed by atoms with E-state index in [1.54, 1.807) is 18.2 Å². The Bertz CT molecular complexity index is 959. The van der Waals surface area contributed by atoms with Gasteiger partial charge in [0.25, 0.3) is 0 Å². The van der Waals surface area contributed by atoms with Gasteiger partial charge in [0, 0.05) is 11.4 Å². The first kappa shape index (κ1) is 20.9. The predicted molar refractivity (Wildman–Crippen MR) is 108 cm³/mol. The number of nitrogens with one attached hydrogen (secondary N) is 2. The number of ether oxygens (including phenoxy) is 3. The molecule has 0 radical (unpaired) electrons. The van der Waals surface area contributed by atoms with Gasteiger partial charge in [-0.15, -0.1) is 10.2 Å². The summed E-state index contributed by atoms with van der Waals surface area (Å²) in [6.07, 6.45) is 0. The molecule has 1 atom stereocenters. The molecule has 29 heavy (non-hydrogen) atoms. The number of rotatable bonds is 7. The summed E-state index contributed by atoms with van der Waals surface area (Å²) < 4.78 is 16.3. The van der Waals surface area contributed by atoms with Crippen molar-refractivity contribution < 1.29 is 23.8 Å². The third-order valence-electron chi connectivity index (χ3n) is 4.15. The zero-order valence-corrected chi connectivity index (χ0v) is 17.9. The maximum Gasteiger partial charge on any atom is 0.338 e. The lowest BCUT2D eigenvalue weighted by Gasteiger charge is -2.29. The van der Waals surface area contributed by atoms with Gasteiger partial charge in [-0.2, -0.15) is 0 Å². The highest BCUT2D eigenvalue weighted by atomic mass is 32.2. The van der Waals surface area contributed by atoms with Crippen LogP contribution in [0.3, 0.4) is 0 Å². The fourth-order valence-electron chi connectivity index (χ4n) is 2.84. The number of urea groups is 1. The smallest absolute Gasteiger partial charge is 0.338 e. The molecule has 2 N–H and O–H groups in total. The first-order chi connectivity index (χ1) is 14.0. The Morgan fingerprint density at radius 2 is 1.97 bits per heavy atom. The summed E-state index contributed by atoms with van der Waals surface area (Å²) in [5.74, 6) is 0.821. The Labute approximate surface area is 175 Å². The van der Waals surface area contributed by atoms with Gasteiger partial charge >= 0.3 is 12.0 Å². The first-order valence-corrected chi connectivity index (χ1v) is 10.3. The van der Waals surface area contributed by atoms with E-state index in [1.165, 1.54) is 44.4 Å². The van der Waals surface area contributed by atoms with Crippen molar-refractivity contribution in [3.05, 3.63) is 40.0 Å². The lowest BCUT2D eigenvalue weighted by molar-refractivity contribution is -0.136. The van der Waals surface area contributed by atoms with Crippen LogP contribution in [0.4, 0.5) is 4.79 Å². The van der Waals surface area contributed by atoms with Crippen molar-refractivity contribution in [1.29, 1.82) is 0 Å². The van der Waals surface area contributed by atoms with Crippen LogP contribution in [0.5, 0.6) is 11.5 Å². The van der Waals surface area contributed by atoms with Gasteiger partial charge in [0.05, 0.1) is 32.9 Å². The van der Waals surface area contributed by atoms with Crippen LogP contribution in [-0.4, -0.2) is 49.3 Å². The minimum atomic E-state index is -0.706. The topological polar surface area (TPSA) is 112 Å². The van der Waals surface area contributed by atoms with Gasteiger partial charge in [0.15, 0.2) is 15.8 Å². The Kier molecular flexibility index (Phi) is 6.60. The van der Waals surface area contributed by atoms with Gasteiger partial charge in [0.2, 0.25) is 0 Å². The van der Waals surface area contributed by atoms with E-state index in [0.29, 0.717) is 34.1 Å². The van der Waals surface area contributed by atoms with Gasteiger partial charge in [-0.3, -0.25) is 0 Å². The fourth-order valence-corrected chi connectivity index (χ4v) is 4.62. The highest BCUT2D eigenvalue weighted by Crippen LogP contribution is 2.35. The summed E-state index contributed by atoms with van der Waals surface area (Å²) in [5.41, 5.74) is 1.43. The maximum absolute atomic E-state index is 12.6. The Hall–Kier alpha value is -2.79. The molecule has 1 aliphatic heterocycles. The Balaban J connectivity index is 1.99. The van der Waals surface area contributed by atoms with E-state index in [2.05, 4.69) is 20.8 Å². The molecular weight excluding hydrogens is 416 g/mol. The maximum atomic E-state index is 12.6. The van der Waals surface area contributed by atoms with Crippen molar-refractivity contribution in [2.75, 3.05) is 27.1 Å². The largest absolute Gasteiger partial charge is 0.493 e. The molecule has 1 aliphatic rings. The molecule has 0 spiro atoms. The number of aryl methyl sites for hydroxylation is 1. The number of amides is 2. The van der Waals surface area contributed by atoms with Crippen molar-refractivity contribution in [3.63, 3.8) is 0 Å². The molecule has 0 saturated carbocycles. The highest BCUT2D eigenvalue weighted by molar-refractivity contribution is 8.01. The Morgan fingerprint density at radius 1 is 1.21 bits per heavy atom. The first-order valence-electron chi connectivity index (χ1n) is 8.50. The number of hydrogen-bond donors (Lipinski definition) is 2. The highest BCUT2D eigenvalue weighted by Gasteiger charge is 2.34. The van der Waals surface area contributed by atoms with Crippen LogP contribution in [0.25, 0.3) is 0 Å². The second kappa shape index (κ2) is 9.14. The molecule has 2 heterocycles. The third kappa shape index (κ3) is 4.62. The molecule has 0 unspecified atom stereocenters. The van der Waals surface area contributed by atoms with E-state index in [4.69, 9.17) is 14.2 Å². The van der Waals surface area contributed by atoms with Crippen molar-refractivity contribution >= 4 is 35.1 Å². The quantitative estimate of drug-likeness (QED) is 0.503. The van der Waals surface area contributed by atoms with Crippen LogP contribution in [0.2, 0.25) is 0 Å². The number of thioether (sulfide) groups is 1. The molecule has 154 valence electrons. The molecular formula is C18H20N4O5S2. The number of carbonyl (C=O) groups excluding carboxylic acids is 2. The minimum Gasteiger partial charge on any atom is -0.493 e. The molecule has 2 aromatic rings. The third-order valence-corrected chi connectivity index (χ3v) is 6.15. The van der Waals surface area contributed by atoms with Crippen LogP contribution >= 0.6 is 23.1 Å². The average molecular weight is 437 g/mol. The molecule has 3 rings (SSSR count). The van der Waals surface area contributed by atoms with Gasteiger partial charge < -0.3 is 24.8 Å². The van der Waals surface area contributed by atoms with Gasteiger partial charge in [-0.05, 0) is 24.6 Å². The van der Waals surface area contributed by atoms with Gasteiger partial charge in [0.1, 0.15) is 5.01 Å². The summed E-state index contributed by atoms with van der Waals surface area (Å²) >= 11 is 2.83. The monoisotopic (exact) mass is 436 g/mol. The number of carbonyl (C=O) groups is 2. The number of nitrogens with zero attached hydrogens (tertiary/aromatic N) is 2. The van der Waals surface area contributed by atoms with Crippen molar-refractivity contribution in [2.24, 2.45) is 0 Å². The number of esters is 1. The minimum absolute atomic E-state index is 0.313. The second-order valence-corrected chi connectivity index (χ2v) is 8.31. The summed E-state index contributed by atoms with van der Waals surface area (Å²) in [6, 6.07) is 4.08. The van der Waals surface area contributed by atoms with Crippen LogP contribution in [0.15, 0.2) is 33.8 Å². The molecule has 1 aromatic carbocycles. The van der Waals surface area contributed by atoms with E-state index < -0.39 is 18.0 Å². The molecule has 1 aromatic heterocycles. The molecule has 11 heteroatoms. The van der Waals surface area contributed by atoms with E-state index in [1.807, 2.05) is 6.92 Å². The van der Waals surface area contributed by atoms with Crippen LogP contribution in [0, 0.1) is 6.92 Å². The predicted octanol–water partition coefficient (Wildman–Crippen LogP) is 2.44. The summed E-state index contributed by atoms with van der Waals surface area (Å²) in [7, 11) is 4.36. The summed E-state index contributed by atoms with van der Waals surface area (Å²) in [6.45, 7) is 1.86. The van der Waals surface area contributed by atoms with Crippen LogP contribution < -0.4 is 20.1 Å². The SMILES string of the molecule is COC(=O)C1=C(CSc2nnc(C)s2)NC(=O)N[C@H]1c1ccc(OC)c(OC)c1. The standard InChI is InChI=1S/C18H20N4O5S2/c1-9-21-22-18(29-9)28-8-11-14(16(23)27-4)15(20-17(24)19-11)10-5-6-12(25-2)13(7-10)26-3/h5-7,15H,8H2,1-4H3,(H2,19,20,24)/t15-/m0/s1. The zero-order chi connectivity index (χ0) is 21.0. The zero-order valence-electron chi connectivity index (χ0n) is 16.3. The summed E-state index contributed by atoms with van der Waals surface area (Å²) in [5, 5.41) is 14.4. The van der Waals surface area contributed by atoms with E-state index >= 15 is 0 Å². The number of benzene rings is 1. The van der Waals surface area contributed by atoms with Crippen molar-refractivity contribution in [3.8, 4) is 11.5 Å². The molecule has 0 saturated heterocycles. The van der Waals surface area contributed by atoms with Gasteiger partial charge in [-0.25, -0.2) is 9.59 Å². The Morgan fingerprint density at radius 3 is 2.59 bits per heavy atom. The lowest BCUT2D eigenvalue weighted by Crippen LogP contribution is -2.46. The van der Waals surface area contributed by atoms with Crippen molar-refractivity contribution in [2.45, 2.75) is 17.3 Å². The molecule has 2 amide bonds. The molecule has 0 bridgehead atoms. The number of aromatic nitrogens is 2. The second-order valence-electron chi connectivity index (χ2n) is 5.91. The van der Waals surface area contributed by atoms with Gasteiger partial charge in [-0.1, -0.05) is 29.2 Å². The van der Waals surface area contributed by atoms with Crippen LogP contribution in [-0.2, 0) is 9.53 Å². The average Bonchev–Trinajstić information content (AvgIpc) is 3.15. The van der Waals surface area contributed by atoms with Crippen LogP contribution in [0.1, 0.15) is 16.6 Å². The van der Waals surface area contributed by atoms with E-state index in [0.717, 1.165) is 9.35 Å². The lowest BCUT2D eigenvalue weighted by atomic mass is 9.95. The van der Waals surface area contributed by atoms with Crippen molar-refractivity contribution in [1.82, 2.24) is 20.8 Å².